The van der Waals surface area contributed by atoms with Crippen molar-refractivity contribution in [1.82, 2.24) is 19.3 Å². The summed E-state index contributed by atoms with van der Waals surface area (Å²) in [4.78, 5) is 36.6. The third-order valence-corrected chi connectivity index (χ3v) is 5.91. The highest BCUT2D eigenvalue weighted by Gasteiger charge is 2.22. The van der Waals surface area contributed by atoms with E-state index in [2.05, 4.69) is 19.3 Å². The molecule has 0 atom stereocenters. The van der Waals surface area contributed by atoms with Crippen LogP contribution in [0.4, 0.5) is 0 Å². The number of carboxylic acid groups (broad SMARTS) is 2. The Morgan fingerprint density at radius 3 is 2.43 bits per heavy atom. The van der Waals surface area contributed by atoms with Crippen LogP contribution >= 0.6 is 22.9 Å². The molecule has 0 spiro atoms. The Kier molecular flexibility index (Phi) is 5.01. The van der Waals surface area contributed by atoms with Crippen LogP contribution in [0, 0.1) is 11.3 Å². The first-order chi connectivity index (χ1) is 14.5. The third kappa shape index (κ3) is 3.52. The topological polar surface area (TPSA) is 150 Å². The van der Waals surface area contributed by atoms with Crippen molar-refractivity contribution in [2.45, 2.75) is 0 Å². The summed E-state index contributed by atoms with van der Waals surface area (Å²) < 4.78 is 3.90. The summed E-state index contributed by atoms with van der Waals surface area (Å²) in [6.45, 7) is 0. The average molecular weight is 435 g/mol. The number of nitriles is 1. The number of hydrogen-bond donors (Lipinski definition) is 2. The molecule has 0 saturated carbocycles. The minimum absolute atomic E-state index is 0.0216. The van der Waals surface area contributed by atoms with Gasteiger partial charge in [0.1, 0.15) is 0 Å². The highest BCUT2D eigenvalue weighted by molar-refractivity contribution is 7.18. The SMILES string of the molecule is N#Cc1ccc(-c2sc(-c3nccc(-c4sncc4C(=O)O)n3)nc2C(=O)O)cc1. The predicted octanol–water partition coefficient (Wildman–Crippen LogP) is 3.66. The zero-order valence-electron chi connectivity index (χ0n) is 14.8. The van der Waals surface area contributed by atoms with Crippen molar-refractivity contribution < 1.29 is 19.8 Å². The third-order valence-electron chi connectivity index (χ3n) is 3.99. The van der Waals surface area contributed by atoms with Gasteiger partial charge < -0.3 is 10.2 Å². The number of carbonyl (C=O) groups is 2. The number of aromatic carboxylic acids is 2. The Balaban J connectivity index is 1.80. The Labute approximate surface area is 176 Å². The van der Waals surface area contributed by atoms with Crippen molar-refractivity contribution in [3.63, 3.8) is 0 Å². The molecule has 3 aromatic heterocycles. The second-order valence-corrected chi connectivity index (χ2v) is 7.63. The van der Waals surface area contributed by atoms with Crippen LogP contribution in [0.15, 0.2) is 42.7 Å². The van der Waals surface area contributed by atoms with Crippen LogP contribution in [-0.2, 0) is 0 Å². The molecular formula is C19H9N5O4S2. The van der Waals surface area contributed by atoms with E-state index in [9.17, 15) is 19.8 Å². The van der Waals surface area contributed by atoms with Crippen LogP contribution in [0.2, 0.25) is 0 Å². The van der Waals surface area contributed by atoms with E-state index < -0.39 is 11.9 Å². The largest absolute Gasteiger partial charge is 0.478 e. The molecule has 9 nitrogen and oxygen atoms in total. The highest BCUT2D eigenvalue weighted by Crippen LogP contribution is 2.35. The van der Waals surface area contributed by atoms with Crippen molar-refractivity contribution in [3.05, 3.63) is 59.5 Å². The van der Waals surface area contributed by atoms with Gasteiger partial charge in [-0.15, -0.1) is 11.3 Å². The molecule has 0 aliphatic rings. The number of benzene rings is 1. The van der Waals surface area contributed by atoms with E-state index in [0.717, 1.165) is 22.9 Å². The van der Waals surface area contributed by atoms with Gasteiger partial charge in [0.25, 0.3) is 0 Å². The lowest BCUT2D eigenvalue weighted by Crippen LogP contribution is -2.00. The maximum Gasteiger partial charge on any atom is 0.356 e. The molecule has 0 aliphatic heterocycles. The normalized spacial score (nSPS) is 10.5. The molecule has 0 amide bonds. The van der Waals surface area contributed by atoms with E-state index in [1.807, 2.05) is 6.07 Å². The second-order valence-electron chi connectivity index (χ2n) is 5.83. The molecule has 11 heteroatoms. The van der Waals surface area contributed by atoms with Gasteiger partial charge in [0.15, 0.2) is 16.5 Å². The molecule has 0 bridgehead atoms. The molecule has 0 fully saturated rings. The first-order valence-electron chi connectivity index (χ1n) is 8.24. The number of hydrogen-bond acceptors (Lipinski definition) is 9. The molecule has 4 aromatic rings. The molecular weight excluding hydrogens is 426 g/mol. The number of nitrogens with zero attached hydrogens (tertiary/aromatic N) is 5. The van der Waals surface area contributed by atoms with E-state index in [1.165, 1.54) is 12.4 Å². The highest BCUT2D eigenvalue weighted by atomic mass is 32.1. The smallest absolute Gasteiger partial charge is 0.356 e. The first-order valence-corrected chi connectivity index (χ1v) is 9.83. The minimum atomic E-state index is -1.20. The van der Waals surface area contributed by atoms with Crippen LogP contribution in [-0.4, -0.2) is 41.5 Å². The lowest BCUT2D eigenvalue weighted by atomic mass is 10.1. The van der Waals surface area contributed by atoms with E-state index >= 15 is 0 Å². The summed E-state index contributed by atoms with van der Waals surface area (Å²) in [6, 6.07) is 10.0. The monoisotopic (exact) mass is 435 g/mol. The summed E-state index contributed by atoms with van der Waals surface area (Å²) >= 11 is 2.09. The van der Waals surface area contributed by atoms with Gasteiger partial charge in [-0.25, -0.2) is 24.5 Å². The van der Waals surface area contributed by atoms with Gasteiger partial charge >= 0.3 is 11.9 Å². The van der Waals surface area contributed by atoms with E-state index in [-0.39, 0.29) is 22.1 Å². The molecule has 0 unspecified atom stereocenters. The van der Waals surface area contributed by atoms with Gasteiger partial charge in [0.05, 0.1) is 38.8 Å². The molecule has 0 saturated heterocycles. The van der Waals surface area contributed by atoms with Crippen molar-refractivity contribution in [2.75, 3.05) is 0 Å². The Hall–Kier alpha value is -4.01. The molecule has 0 aliphatic carbocycles. The van der Waals surface area contributed by atoms with Crippen molar-refractivity contribution in [1.29, 1.82) is 5.26 Å². The average Bonchev–Trinajstić information content (AvgIpc) is 3.42. The second kappa shape index (κ2) is 7.78. The summed E-state index contributed by atoms with van der Waals surface area (Å²) in [5.41, 5.74) is 1.27. The molecule has 4 rings (SSSR count). The lowest BCUT2D eigenvalue weighted by Gasteiger charge is -2.00. The van der Waals surface area contributed by atoms with Gasteiger partial charge in [-0.05, 0) is 35.3 Å². The quantitative estimate of drug-likeness (QED) is 0.478. The maximum absolute atomic E-state index is 11.7. The summed E-state index contributed by atoms with van der Waals surface area (Å²) in [6.07, 6.45) is 2.70. The van der Waals surface area contributed by atoms with Crippen molar-refractivity contribution in [3.8, 4) is 37.9 Å². The van der Waals surface area contributed by atoms with Crippen molar-refractivity contribution >= 4 is 34.8 Å². The maximum atomic E-state index is 11.7. The van der Waals surface area contributed by atoms with Crippen LogP contribution in [0.3, 0.4) is 0 Å². The number of carboxylic acids is 2. The summed E-state index contributed by atoms with van der Waals surface area (Å²) in [7, 11) is 0. The Morgan fingerprint density at radius 1 is 1.00 bits per heavy atom. The fourth-order valence-corrected chi connectivity index (χ4v) is 4.33. The zero-order valence-corrected chi connectivity index (χ0v) is 16.4. The summed E-state index contributed by atoms with van der Waals surface area (Å²) in [5.74, 6) is -2.15. The fraction of sp³-hybridized carbons (Fsp3) is 0. The van der Waals surface area contributed by atoms with Gasteiger partial charge in [-0.3, -0.25) is 0 Å². The zero-order chi connectivity index (χ0) is 21.3. The van der Waals surface area contributed by atoms with Gasteiger partial charge in [-0.1, -0.05) is 12.1 Å². The Bertz CT molecular complexity index is 1320. The minimum Gasteiger partial charge on any atom is -0.478 e. The number of rotatable bonds is 5. The van der Waals surface area contributed by atoms with Gasteiger partial charge in [0.2, 0.25) is 0 Å². The molecule has 146 valence electrons. The van der Waals surface area contributed by atoms with Crippen LogP contribution < -0.4 is 0 Å². The van der Waals surface area contributed by atoms with E-state index in [0.29, 0.717) is 26.6 Å². The van der Waals surface area contributed by atoms with Gasteiger partial charge in [-0.2, -0.15) is 9.64 Å². The molecule has 1 aromatic carbocycles. The molecule has 30 heavy (non-hydrogen) atoms. The number of aromatic nitrogens is 4. The lowest BCUT2D eigenvalue weighted by molar-refractivity contribution is 0.0684. The standard InChI is InChI=1S/C19H9N5O4S2/c20-7-9-1-3-10(4-2-9)14-13(19(27)28)24-17(29-14)16-21-6-5-12(23-16)15-11(18(25)26)8-22-30-15/h1-6,8H,(H,25,26)(H,27,28). The first kappa shape index (κ1) is 19.3. The van der Waals surface area contributed by atoms with Crippen LogP contribution in [0.25, 0.3) is 31.8 Å². The van der Waals surface area contributed by atoms with Crippen molar-refractivity contribution in [2.24, 2.45) is 0 Å². The fourth-order valence-electron chi connectivity index (χ4n) is 2.62. The number of thiazole rings is 1. The predicted molar refractivity (Wildman–Crippen MR) is 108 cm³/mol. The van der Waals surface area contributed by atoms with Crippen LogP contribution in [0.5, 0.6) is 0 Å². The summed E-state index contributed by atoms with van der Waals surface area (Å²) in [5, 5.41) is 28.1. The Morgan fingerprint density at radius 2 is 1.77 bits per heavy atom. The van der Waals surface area contributed by atoms with Crippen LogP contribution in [0.1, 0.15) is 26.4 Å². The van der Waals surface area contributed by atoms with E-state index in [1.54, 1.807) is 30.3 Å². The molecule has 3 heterocycles. The molecule has 0 radical (unpaired) electrons. The molecule has 2 N–H and O–H groups in total. The van der Waals surface area contributed by atoms with E-state index in [4.69, 9.17) is 5.26 Å². The van der Waals surface area contributed by atoms with Gasteiger partial charge in [0, 0.05) is 6.20 Å².